The van der Waals surface area contributed by atoms with Crippen LogP contribution in [0.2, 0.25) is 5.28 Å². The van der Waals surface area contributed by atoms with E-state index in [4.69, 9.17) is 0 Å². The average molecular weight is 478 g/mol. The number of carbonyl (C=O) groups is 2. The molecule has 0 N–H and O–H groups in total. The third kappa shape index (κ3) is 4.33. The molecule has 0 aliphatic rings. The zero-order valence-corrected chi connectivity index (χ0v) is 15.9. The monoisotopic (exact) mass is 478 g/mol. The fourth-order valence-electron chi connectivity index (χ4n) is 2.12. The minimum Gasteiger partial charge on any atom is -0.581 e. The first-order valence-corrected chi connectivity index (χ1v) is 9.55. The van der Waals surface area contributed by atoms with Gasteiger partial charge in [-0.15, -0.1) is 0 Å². The number of carbonyl (C=O) groups excluding carboxylic acids is 2. The smallest absolute Gasteiger partial charge is 0.581 e. The zero-order valence-electron chi connectivity index (χ0n) is 14.7. The van der Waals surface area contributed by atoms with Crippen LogP contribution in [-0.2, 0) is 7.58 Å². The van der Waals surface area contributed by atoms with Gasteiger partial charge in [-0.1, -0.05) is 6.92 Å². The quantitative estimate of drug-likeness (QED) is 0.273. The lowest BCUT2D eigenvalue weighted by Gasteiger charge is -2.15. The molecule has 166 valence electrons. The Morgan fingerprint density at radius 2 is 0.774 bits per heavy atom. The maximum atomic E-state index is 13.6. The van der Waals surface area contributed by atoms with E-state index in [0.29, 0.717) is 0 Å². The van der Waals surface area contributed by atoms with Gasteiger partial charge in [0.15, 0.2) is 46.5 Å². The van der Waals surface area contributed by atoms with Gasteiger partial charge in [0.1, 0.15) is 11.1 Å². The Bertz CT molecular complexity index is 950. The molecule has 0 fully saturated rings. The van der Waals surface area contributed by atoms with Crippen LogP contribution in [0.1, 0.15) is 27.6 Å². The molecular formula is C16H5AlF10O4. The first-order chi connectivity index (χ1) is 14.3. The second kappa shape index (κ2) is 9.15. The van der Waals surface area contributed by atoms with Crippen LogP contribution in [-0.4, -0.2) is 26.8 Å². The van der Waals surface area contributed by atoms with E-state index in [1.165, 1.54) is 0 Å². The fourth-order valence-corrected chi connectivity index (χ4v) is 3.21. The Hall–Kier alpha value is -2.79. The molecule has 0 unspecified atom stereocenters. The van der Waals surface area contributed by atoms with Crippen LogP contribution >= 0.6 is 0 Å². The summed E-state index contributed by atoms with van der Waals surface area (Å²) in [6, 6.07) is 0. The SMILES string of the molecule is C[CH2][Al]([O]C(=O)c1c(F)c(F)c(F)c(F)c1F)[O]C(=O)c1c(F)c(F)c(F)c(F)c1F. The van der Waals surface area contributed by atoms with Crippen LogP contribution in [0.4, 0.5) is 43.9 Å². The maximum Gasteiger partial charge on any atom is 0.860 e. The van der Waals surface area contributed by atoms with Gasteiger partial charge in [-0.3, -0.25) is 0 Å². The minimum atomic E-state index is -3.88. The molecule has 0 bridgehead atoms. The predicted molar refractivity (Wildman–Crippen MR) is 79.5 cm³/mol. The third-order valence-electron chi connectivity index (χ3n) is 3.64. The molecule has 0 aromatic heterocycles. The van der Waals surface area contributed by atoms with Crippen LogP contribution in [0.25, 0.3) is 0 Å². The molecule has 2 rings (SSSR count). The predicted octanol–water partition coefficient (Wildman–Crippen LogP) is 4.60. The molecule has 4 nitrogen and oxygen atoms in total. The summed E-state index contributed by atoms with van der Waals surface area (Å²) in [5.74, 6) is -29.8. The number of hydrogen-bond acceptors (Lipinski definition) is 4. The molecule has 0 saturated heterocycles. The highest BCUT2D eigenvalue weighted by atomic mass is 27.2. The molecule has 0 amide bonds. The topological polar surface area (TPSA) is 52.6 Å². The summed E-state index contributed by atoms with van der Waals surface area (Å²) in [6.45, 7) is 1.11. The third-order valence-corrected chi connectivity index (χ3v) is 5.26. The maximum absolute atomic E-state index is 13.6. The van der Waals surface area contributed by atoms with Gasteiger partial charge in [0.25, 0.3) is 0 Å². The van der Waals surface area contributed by atoms with Crippen LogP contribution in [0.3, 0.4) is 0 Å². The van der Waals surface area contributed by atoms with Crippen molar-refractivity contribution in [3.63, 3.8) is 0 Å². The second-order valence-corrected chi connectivity index (χ2v) is 7.69. The molecule has 0 aliphatic heterocycles. The van der Waals surface area contributed by atoms with E-state index in [-0.39, 0.29) is 0 Å². The van der Waals surface area contributed by atoms with E-state index in [2.05, 4.69) is 7.58 Å². The van der Waals surface area contributed by atoms with Gasteiger partial charge in [0.2, 0.25) is 11.6 Å². The lowest BCUT2D eigenvalue weighted by molar-refractivity contribution is 0.0588. The van der Waals surface area contributed by atoms with Crippen LogP contribution in [0.5, 0.6) is 0 Å². The van der Waals surface area contributed by atoms with E-state index in [1.807, 2.05) is 0 Å². The summed E-state index contributed by atoms with van der Waals surface area (Å²) < 4.78 is 142. The number of benzene rings is 2. The number of hydrogen-bond donors (Lipinski definition) is 0. The Morgan fingerprint density at radius 1 is 0.548 bits per heavy atom. The van der Waals surface area contributed by atoms with Gasteiger partial charge in [-0.05, 0) is 5.28 Å². The standard InChI is InChI=1S/2C7HF5O2.C2H5.Al/c2*8-2-1(7(13)14)3(9)5(11)6(12)4(2)10;1-2;/h2*(H,13,14);1H2,2H3;/q;;;+2/p-2. The van der Waals surface area contributed by atoms with Gasteiger partial charge in [0.05, 0.1) is 0 Å². The van der Waals surface area contributed by atoms with E-state index < -0.39 is 101 Å². The van der Waals surface area contributed by atoms with Crippen molar-refractivity contribution in [1.29, 1.82) is 0 Å². The molecule has 31 heavy (non-hydrogen) atoms. The Morgan fingerprint density at radius 3 is 1.00 bits per heavy atom. The second-order valence-electron chi connectivity index (χ2n) is 5.54. The summed E-state index contributed by atoms with van der Waals surface area (Å²) in [4.78, 5) is 23.7. The van der Waals surface area contributed by atoms with E-state index in [1.54, 1.807) is 0 Å². The van der Waals surface area contributed by atoms with Gasteiger partial charge in [-0.25, -0.2) is 53.5 Å². The van der Waals surface area contributed by atoms with Gasteiger partial charge < -0.3 is 7.58 Å². The highest BCUT2D eigenvalue weighted by Crippen LogP contribution is 2.26. The molecule has 0 radical (unpaired) electrons. The van der Waals surface area contributed by atoms with Gasteiger partial charge in [-0.2, -0.15) is 0 Å². The van der Waals surface area contributed by atoms with Crippen molar-refractivity contribution in [3.05, 3.63) is 69.3 Å². The molecular weight excluding hydrogens is 473 g/mol. The molecule has 0 heterocycles. The fraction of sp³-hybridized carbons (Fsp3) is 0.125. The van der Waals surface area contributed by atoms with E-state index in [0.717, 1.165) is 6.92 Å². The summed E-state index contributed by atoms with van der Waals surface area (Å²) in [7, 11) is 0. The van der Waals surface area contributed by atoms with Crippen LogP contribution in [0.15, 0.2) is 0 Å². The molecule has 0 spiro atoms. The Labute approximate surface area is 170 Å². The Balaban J connectivity index is 2.35. The molecule has 0 atom stereocenters. The summed E-state index contributed by atoms with van der Waals surface area (Å²) in [6.07, 6.45) is 0. The normalized spacial score (nSPS) is 10.8. The van der Waals surface area contributed by atoms with Crippen molar-refractivity contribution < 1.29 is 61.1 Å². The van der Waals surface area contributed by atoms with Crippen molar-refractivity contribution in [1.82, 2.24) is 0 Å². The first kappa shape index (κ1) is 24.5. The molecule has 0 aliphatic carbocycles. The first-order valence-electron chi connectivity index (χ1n) is 7.79. The highest BCUT2D eigenvalue weighted by Gasteiger charge is 2.40. The molecule has 15 heteroatoms. The molecule has 2 aromatic rings. The largest absolute Gasteiger partial charge is 0.860 e. The van der Waals surface area contributed by atoms with Gasteiger partial charge in [0, 0.05) is 0 Å². The summed E-state index contributed by atoms with van der Waals surface area (Å²) >= 11 is -3.88. The lowest BCUT2D eigenvalue weighted by Crippen LogP contribution is -2.31. The van der Waals surface area contributed by atoms with E-state index >= 15 is 0 Å². The zero-order chi connectivity index (χ0) is 23.8. The van der Waals surface area contributed by atoms with Gasteiger partial charge >= 0.3 is 26.8 Å². The highest BCUT2D eigenvalue weighted by molar-refractivity contribution is 6.49. The molecule has 0 saturated carbocycles. The summed E-state index contributed by atoms with van der Waals surface area (Å²) in [5.41, 5.74) is -4.09. The van der Waals surface area contributed by atoms with Crippen molar-refractivity contribution in [3.8, 4) is 0 Å². The van der Waals surface area contributed by atoms with Crippen molar-refractivity contribution in [2.45, 2.75) is 12.2 Å². The van der Waals surface area contributed by atoms with E-state index in [9.17, 15) is 53.5 Å². The van der Waals surface area contributed by atoms with Crippen LogP contribution in [0, 0.1) is 58.2 Å². The van der Waals surface area contributed by atoms with Crippen molar-refractivity contribution in [2.75, 3.05) is 0 Å². The lowest BCUT2D eigenvalue weighted by atomic mass is 10.1. The average Bonchev–Trinajstić information content (AvgIpc) is 2.73. The van der Waals surface area contributed by atoms with Crippen molar-refractivity contribution >= 4 is 26.8 Å². The summed E-state index contributed by atoms with van der Waals surface area (Å²) in [5, 5.41) is -0.498. The molecule has 2 aromatic carbocycles. The Kier molecular flexibility index (Phi) is 7.22. The minimum absolute atomic E-state index is 0.498. The number of rotatable bonds is 5. The van der Waals surface area contributed by atoms with Crippen molar-refractivity contribution in [2.24, 2.45) is 0 Å². The number of halogens is 10. The van der Waals surface area contributed by atoms with Crippen LogP contribution < -0.4 is 0 Å².